The van der Waals surface area contributed by atoms with Crippen molar-refractivity contribution in [2.75, 3.05) is 11.9 Å². The number of benzene rings is 3. The molecule has 0 aliphatic carbocycles. The highest BCUT2D eigenvalue weighted by Crippen LogP contribution is 2.59. The summed E-state index contributed by atoms with van der Waals surface area (Å²) in [6.07, 6.45) is -0.222. The minimum absolute atomic E-state index is 0.105. The minimum Gasteiger partial charge on any atom is -0.476 e. The van der Waals surface area contributed by atoms with Crippen molar-refractivity contribution in [2.24, 2.45) is 0 Å². The smallest absolute Gasteiger partial charge is 0.349 e. The molecule has 3 aromatic carbocycles. The van der Waals surface area contributed by atoms with E-state index in [0.717, 1.165) is 0 Å². The molecule has 2 N–H and O–H groups in total. The van der Waals surface area contributed by atoms with Crippen molar-refractivity contribution in [1.82, 2.24) is 5.32 Å². The Morgan fingerprint density at radius 1 is 1.05 bits per heavy atom. The van der Waals surface area contributed by atoms with Gasteiger partial charge in [0.05, 0.1) is 12.6 Å². The fraction of sp³-hybridized carbons (Fsp3) is 0.323. The summed E-state index contributed by atoms with van der Waals surface area (Å²) in [7, 11) is 0. The molecule has 5 rings (SSSR count). The second-order valence-corrected chi connectivity index (χ2v) is 11.2. The summed E-state index contributed by atoms with van der Waals surface area (Å²) < 4.78 is 40.9. The van der Waals surface area contributed by atoms with E-state index in [2.05, 4.69) is 10.6 Å². The molecule has 1 spiro atoms. The van der Waals surface area contributed by atoms with Crippen LogP contribution >= 0.6 is 11.6 Å². The Morgan fingerprint density at radius 2 is 1.73 bits per heavy atom. The monoisotopic (exact) mass is 582 g/mol. The number of ether oxygens (including phenoxy) is 2. The lowest BCUT2D eigenvalue weighted by atomic mass is 9.59. The summed E-state index contributed by atoms with van der Waals surface area (Å²) in [5.74, 6) is -3.60. The van der Waals surface area contributed by atoms with Crippen molar-refractivity contribution in [3.63, 3.8) is 0 Å². The molecule has 7 nitrogen and oxygen atoms in total. The highest BCUT2D eigenvalue weighted by atomic mass is 35.5. The average molecular weight is 583 g/mol. The third-order valence-electron chi connectivity index (χ3n) is 7.78. The maximum Gasteiger partial charge on any atom is 0.349 e. The van der Waals surface area contributed by atoms with Crippen LogP contribution in [0.2, 0.25) is 5.02 Å². The van der Waals surface area contributed by atoms with E-state index in [1.165, 1.54) is 44.2 Å². The van der Waals surface area contributed by atoms with Crippen molar-refractivity contribution in [3.8, 4) is 5.75 Å². The molecule has 1 saturated heterocycles. The topological polar surface area (TPSA) is 93.7 Å². The van der Waals surface area contributed by atoms with Gasteiger partial charge in [-0.2, -0.15) is 0 Å². The maximum atomic E-state index is 15.0. The van der Waals surface area contributed by atoms with Crippen LogP contribution in [0.1, 0.15) is 61.4 Å². The van der Waals surface area contributed by atoms with Crippen molar-refractivity contribution < 1.29 is 32.6 Å². The fourth-order valence-corrected chi connectivity index (χ4v) is 6.12. The summed E-state index contributed by atoms with van der Waals surface area (Å²) in [4.78, 5) is 40.3. The minimum atomic E-state index is -1.56. The van der Waals surface area contributed by atoms with Crippen LogP contribution in [-0.2, 0) is 24.5 Å². The Kier molecular flexibility index (Phi) is 7.27. The third kappa shape index (κ3) is 4.82. The van der Waals surface area contributed by atoms with Gasteiger partial charge in [0.1, 0.15) is 22.8 Å². The van der Waals surface area contributed by atoms with Gasteiger partial charge in [-0.05, 0) is 86.8 Å². The van der Waals surface area contributed by atoms with Gasteiger partial charge in [0.2, 0.25) is 11.8 Å². The largest absolute Gasteiger partial charge is 0.476 e. The van der Waals surface area contributed by atoms with Crippen LogP contribution in [0.5, 0.6) is 5.75 Å². The molecule has 0 unspecified atom stereocenters. The van der Waals surface area contributed by atoms with Gasteiger partial charge in [0.25, 0.3) is 0 Å². The highest BCUT2D eigenvalue weighted by molar-refractivity contribution is 6.31. The maximum absolute atomic E-state index is 15.0. The summed E-state index contributed by atoms with van der Waals surface area (Å²) in [6, 6.07) is 11.8. The first-order chi connectivity index (χ1) is 19.4. The number of hydrogen-bond donors (Lipinski definition) is 2. The number of rotatable bonds is 6. The molecule has 0 radical (unpaired) electrons. The van der Waals surface area contributed by atoms with E-state index >= 15 is 0 Å². The lowest BCUT2D eigenvalue weighted by molar-refractivity contribution is -0.158. The van der Waals surface area contributed by atoms with E-state index in [0.29, 0.717) is 27.4 Å². The lowest BCUT2D eigenvalue weighted by Crippen LogP contribution is -2.57. The molecule has 10 heteroatoms. The molecule has 3 aromatic rings. The second kappa shape index (κ2) is 10.4. The summed E-state index contributed by atoms with van der Waals surface area (Å²) in [5, 5.41) is 6.19. The molecule has 214 valence electrons. The van der Waals surface area contributed by atoms with E-state index in [-0.39, 0.29) is 24.3 Å². The molecule has 3 atom stereocenters. The Labute approximate surface area is 241 Å². The quantitative estimate of drug-likeness (QED) is 0.354. The Hall–Kier alpha value is -3.98. The molecule has 2 aliphatic heterocycles. The third-order valence-corrected chi connectivity index (χ3v) is 8.02. The number of esters is 1. The summed E-state index contributed by atoms with van der Waals surface area (Å²) in [6.45, 7) is 6.58. The van der Waals surface area contributed by atoms with E-state index < -0.39 is 52.4 Å². The van der Waals surface area contributed by atoms with Crippen LogP contribution in [0.4, 0.5) is 14.5 Å². The van der Waals surface area contributed by atoms with Crippen LogP contribution in [0, 0.1) is 18.6 Å². The van der Waals surface area contributed by atoms with Crippen LogP contribution < -0.4 is 15.4 Å². The van der Waals surface area contributed by atoms with E-state index in [4.69, 9.17) is 21.1 Å². The molecule has 2 amide bonds. The summed E-state index contributed by atoms with van der Waals surface area (Å²) in [5.41, 5.74) is -0.869. The Bertz CT molecular complexity index is 1580. The molecule has 0 bridgehead atoms. The molecule has 0 aromatic heterocycles. The zero-order valence-corrected chi connectivity index (χ0v) is 23.7. The number of halogens is 3. The van der Waals surface area contributed by atoms with Gasteiger partial charge in [-0.15, -0.1) is 0 Å². The Morgan fingerprint density at radius 3 is 2.44 bits per heavy atom. The molecular formula is C31H29ClF2N2O5. The molecule has 1 fully saturated rings. The lowest BCUT2D eigenvalue weighted by Gasteiger charge is -2.47. The van der Waals surface area contributed by atoms with Crippen molar-refractivity contribution in [1.29, 1.82) is 0 Å². The van der Waals surface area contributed by atoms with E-state index in [9.17, 15) is 23.2 Å². The SMILES string of the molecule is CCOC(=O)C(C)(C)Oc1ccc(F)cc1[C@H]1CC(=O)N[C@H](c2cc(F)ccc2C)[C@]12C(=O)Nc1cc(Cl)ccc12. The number of piperidine rings is 1. The van der Waals surface area contributed by atoms with Crippen LogP contribution in [0.3, 0.4) is 0 Å². The van der Waals surface area contributed by atoms with E-state index in [1.807, 2.05) is 0 Å². The van der Waals surface area contributed by atoms with Crippen LogP contribution in [0.15, 0.2) is 54.6 Å². The van der Waals surface area contributed by atoms with Gasteiger partial charge in [0, 0.05) is 28.6 Å². The van der Waals surface area contributed by atoms with Gasteiger partial charge in [-0.1, -0.05) is 23.7 Å². The number of anilines is 1. The number of hydrogen-bond acceptors (Lipinski definition) is 5. The standard InChI is InChI=1S/C31H29ClF2N2O5/c1-5-40-29(39)30(3,4)41-25-11-9-19(34)14-21(25)23-15-26(37)36-27(20-13-18(33)8-6-16(20)2)31(23)22-10-7-17(32)12-24(22)35-28(31)38/h6-14,23,27H,5,15H2,1-4H3,(H,35,38)(H,36,37)/t23-,27-,31-/m1/s1. The van der Waals surface area contributed by atoms with E-state index in [1.54, 1.807) is 38.1 Å². The highest BCUT2D eigenvalue weighted by Gasteiger charge is 2.62. The predicted octanol–water partition coefficient (Wildman–Crippen LogP) is 5.88. The number of carbonyl (C=O) groups is 3. The summed E-state index contributed by atoms with van der Waals surface area (Å²) >= 11 is 6.26. The van der Waals surface area contributed by atoms with Gasteiger partial charge < -0.3 is 20.1 Å². The zero-order valence-electron chi connectivity index (χ0n) is 22.9. The number of fused-ring (bicyclic) bond motifs is 2. The normalized spacial score (nSPS) is 21.7. The zero-order chi connectivity index (χ0) is 29.7. The van der Waals surface area contributed by atoms with Gasteiger partial charge >= 0.3 is 5.97 Å². The molecule has 41 heavy (non-hydrogen) atoms. The van der Waals surface area contributed by atoms with Crippen molar-refractivity contribution in [2.45, 2.75) is 57.1 Å². The fourth-order valence-electron chi connectivity index (χ4n) is 5.95. The first-order valence-electron chi connectivity index (χ1n) is 13.2. The van der Waals surface area contributed by atoms with Gasteiger partial charge in [0.15, 0.2) is 5.60 Å². The number of aryl methyl sites for hydroxylation is 1. The number of amides is 2. The van der Waals surface area contributed by atoms with Crippen molar-refractivity contribution in [3.05, 3.63) is 93.5 Å². The Balaban J connectivity index is 1.78. The first-order valence-corrected chi connectivity index (χ1v) is 13.6. The molecule has 2 heterocycles. The first kappa shape index (κ1) is 28.5. The van der Waals surface area contributed by atoms with Gasteiger partial charge in [-0.3, -0.25) is 9.59 Å². The number of nitrogens with one attached hydrogen (secondary N) is 2. The van der Waals surface area contributed by atoms with Crippen LogP contribution in [0.25, 0.3) is 0 Å². The number of carbonyl (C=O) groups excluding carboxylic acids is 3. The molecule has 2 aliphatic rings. The van der Waals surface area contributed by atoms with Crippen LogP contribution in [-0.4, -0.2) is 30.0 Å². The van der Waals surface area contributed by atoms with Crippen molar-refractivity contribution >= 4 is 35.1 Å². The molecule has 0 saturated carbocycles. The average Bonchev–Trinajstić information content (AvgIpc) is 3.18. The predicted molar refractivity (Wildman–Crippen MR) is 149 cm³/mol. The molecular weight excluding hydrogens is 554 g/mol. The van der Waals surface area contributed by atoms with Gasteiger partial charge in [-0.25, -0.2) is 13.6 Å². The second-order valence-electron chi connectivity index (χ2n) is 10.8.